The van der Waals surface area contributed by atoms with Crippen LogP contribution in [0.1, 0.15) is 60.4 Å². The van der Waals surface area contributed by atoms with E-state index in [4.69, 9.17) is 0 Å². The fourth-order valence-electron chi connectivity index (χ4n) is 4.52. The second-order valence-corrected chi connectivity index (χ2v) is 9.75. The highest BCUT2D eigenvalue weighted by Gasteiger charge is 2.33. The van der Waals surface area contributed by atoms with Crippen LogP contribution in [0.15, 0.2) is 71.4 Å². The molecule has 0 bridgehead atoms. The summed E-state index contributed by atoms with van der Waals surface area (Å²) in [5.41, 5.74) is 4.02. The number of hydrogen-bond donors (Lipinski definition) is 1. The van der Waals surface area contributed by atoms with Crippen LogP contribution in [0.2, 0.25) is 0 Å². The minimum absolute atomic E-state index is 0.0402. The topological polar surface area (TPSA) is 49.4 Å². The number of nitrogens with one attached hydrogen (secondary N) is 1. The maximum Gasteiger partial charge on any atom is 0.247 e. The average molecular weight is 461 g/mol. The van der Waals surface area contributed by atoms with Gasteiger partial charge in [0.05, 0.1) is 6.42 Å². The number of nitrogens with zero attached hydrogens (tertiary/aromatic N) is 1. The number of amides is 2. The molecule has 1 aliphatic carbocycles. The first-order valence-corrected chi connectivity index (χ1v) is 12.8. The lowest BCUT2D eigenvalue weighted by atomic mass is 9.94. The minimum atomic E-state index is -0.666. The highest BCUT2D eigenvalue weighted by molar-refractivity contribution is 7.08. The van der Waals surface area contributed by atoms with Gasteiger partial charge in [-0.15, -0.1) is 0 Å². The van der Waals surface area contributed by atoms with E-state index in [0.29, 0.717) is 6.54 Å². The highest BCUT2D eigenvalue weighted by atomic mass is 32.1. The molecule has 5 heteroatoms. The first kappa shape index (κ1) is 23.2. The van der Waals surface area contributed by atoms with E-state index < -0.39 is 6.04 Å². The van der Waals surface area contributed by atoms with Crippen molar-refractivity contribution >= 4 is 23.2 Å². The summed E-state index contributed by atoms with van der Waals surface area (Å²) in [6.45, 7) is 2.44. The Bertz CT molecular complexity index is 1030. The quantitative estimate of drug-likeness (QED) is 0.461. The minimum Gasteiger partial charge on any atom is -0.351 e. The normalized spacial score (nSPS) is 15.1. The molecule has 3 aromatic rings. The lowest BCUT2D eigenvalue weighted by molar-refractivity contribution is -0.141. The molecule has 0 spiro atoms. The fraction of sp³-hybridized carbons (Fsp3) is 0.357. The summed E-state index contributed by atoms with van der Waals surface area (Å²) in [5, 5.41) is 7.26. The van der Waals surface area contributed by atoms with Crippen molar-refractivity contribution in [1.29, 1.82) is 0 Å². The zero-order valence-electron chi connectivity index (χ0n) is 19.2. The second kappa shape index (κ2) is 11.3. The first-order chi connectivity index (χ1) is 16.1. The van der Waals surface area contributed by atoms with Gasteiger partial charge in [-0.1, -0.05) is 79.4 Å². The van der Waals surface area contributed by atoms with Crippen LogP contribution in [0.25, 0.3) is 0 Å². The lowest BCUT2D eigenvalue weighted by Crippen LogP contribution is -2.47. The zero-order valence-corrected chi connectivity index (χ0v) is 20.0. The smallest absolute Gasteiger partial charge is 0.247 e. The Kier molecular flexibility index (Phi) is 7.95. The molecule has 0 saturated heterocycles. The standard InChI is InChI=1S/C28H32N2O2S/c1-21-12-14-22(15-13-21)19-30(26(31)18-23-16-17-33-20-23)27(24-8-4-2-5-9-24)28(32)29-25-10-6-3-7-11-25/h2,4-5,8-9,12-17,20,25,27H,3,6-7,10-11,18-19H2,1H3,(H,29,32)/t27-/m1/s1. The van der Waals surface area contributed by atoms with E-state index in [-0.39, 0.29) is 24.3 Å². The summed E-state index contributed by atoms with van der Waals surface area (Å²) in [5.74, 6) is -0.125. The Labute approximate surface area is 200 Å². The molecule has 1 aliphatic rings. The van der Waals surface area contributed by atoms with Crippen molar-refractivity contribution in [3.05, 3.63) is 93.7 Å². The van der Waals surface area contributed by atoms with Gasteiger partial charge in [0, 0.05) is 12.6 Å². The van der Waals surface area contributed by atoms with Crippen LogP contribution in [0.5, 0.6) is 0 Å². The van der Waals surface area contributed by atoms with E-state index in [2.05, 4.69) is 17.4 Å². The van der Waals surface area contributed by atoms with Gasteiger partial charge in [0.1, 0.15) is 6.04 Å². The van der Waals surface area contributed by atoms with Crippen molar-refractivity contribution in [1.82, 2.24) is 10.2 Å². The molecule has 1 heterocycles. The van der Waals surface area contributed by atoms with Crippen LogP contribution >= 0.6 is 11.3 Å². The molecule has 0 aliphatic heterocycles. The molecular weight excluding hydrogens is 428 g/mol. The van der Waals surface area contributed by atoms with Gasteiger partial charge in [-0.2, -0.15) is 11.3 Å². The molecule has 1 fully saturated rings. The first-order valence-electron chi connectivity index (χ1n) is 11.8. The Balaban J connectivity index is 1.66. The number of rotatable bonds is 8. The molecule has 0 unspecified atom stereocenters. The maximum absolute atomic E-state index is 13.7. The molecule has 2 aromatic carbocycles. The molecule has 4 nitrogen and oxygen atoms in total. The molecule has 172 valence electrons. The molecule has 1 N–H and O–H groups in total. The van der Waals surface area contributed by atoms with Gasteiger partial charge in [-0.3, -0.25) is 9.59 Å². The van der Waals surface area contributed by atoms with Gasteiger partial charge in [-0.25, -0.2) is 0 Å². The van der Waals surface area contributed by atoms with Crippen LogP contribution < -0.4 is 5.32 Å². The van der Waals surface area contributed by atoms with E-state index in [9.17, 15) is 9.59 Å². The maximum atomic E-state index is 13.7. The van der Waals surface area contributed by atoms with E-state index in [1.165, 1.54) is 12.0 Å². The van der Waals surface area contributed by atoms with Gasteiger partial charge in [0.15, 0.2) is 0 Å². The van der Waals surface area contributed by atoms with E-state index >= 15 is 0 Å². The van der Waals surface area contributed by atoms with Gasteiger partial charge >= 0.3 is 0 Å². The van der Waals surface area contributed by atoms with Gasteiger partial charge < -0.3 is 10.2 Å². The lowest BCUT2D eigenvalue weighted by Gasteiger charge is -2.33. The predicted molar refractivity (Wildman–Crippen MR) is 134 cm³/mol. The SMILES string of the molecule is Cc1ccc(CN(C(=O)Cc2ccsc2)[C@@H](C(=O)NC2CCCCC2)c2ccccc2)cc1. The summed E-state index contributed by atoms with van der Waals surface area (Å²) in [4.78, 5) is 29.1. The van der Waals surface area contributed by atoms with E-state index in [0.717, 1.165) is 42.4 Å². The van der Waals surface area contributed by atoms with Gasteiger partial charge in [0.25, 0.3) is 0 Å². The zero-order chi connectivity index (χ0) is 23.0. The van der Waals surface area contributed by atoms with Crippen molar-refractivity contribution in [2.75, 3.05) is 0 Å². The Hall–Kier alpha value is -2.92. The average Bonchev–Trinajstić information content (AvgIpc) is 3.34. The van der Waals surface area contributed by atoms with Crippen LogP contribution in [0, 0.1) is 6.92 Å². The third-order valence-corrected chi connectivity index (χ3v) is 7.09. The number of carbonyl (C=O) groups is 2. The van der Waals surface area contributed by atoms with Crippen molar-refractivity contribution in [3.8, 4) is 0 Å². The number of aryl methyl sites for hydroxylation is 1. The second-order valence-electron chi connectivity index (χ2n) is 8.97. The van der Waals surface area contributed by atoms with Crippen molar-refractivity contribution < 1.29 is 9.59 Å². The number of carbonyl (C=O) groups excluding carboxylic acids is 2. The van der Waals surface area contributed by atoms with Crippen LogP contribution in [0.3, 0.4) is 0 Å². The summed E-state index contributed by atoms with van der Waals surface area (Å²) < 4.78 is 0. The molecule has 1 saturated carbocycles. The summed E-state index contributed by atoms with van der Waals surface area (Å²) in [7, 11) is 0. The Morgan fingerprint density at radius 3 is 2.36 bits per heavy atom. The fourth-order valence-corrected chi connectivity index (χ4v) is 5.19. The third kappa shape index (κ3) is 6.32. The van der Waals surface area contributed by atoms with Crippen LogP contribution in [-0.2, 0) is 22.6 Å². The Morgan fingerprint density at radius 1 is 0.970 bits per heavy atom. The largest absolute Gasteiger partial charge is 0.351 e. The number of benzene rings is 2. The summed E-state index contributed by atoms with van der Waals surface area (Å²) in [6, 6.07) is 19.4. The van der Waals surface area contributed by atoms with Crippen molar-refractivity contribution in [2.24, 2.45) is 0 Å². The Morgan fingerprint density at radius 2 is 1.70 bits per heavy atom. The molecule has 1 atom stereocenters. The van der Waals surface area contributed by atoms with Crippen LogP contribution in [0.4, 0.5) is 0 Å². The molecule has 2 amide bonds. The van der Waals surface area contributed by atoms with Crippen LogP contribution in [-0.4, -0.2) is 22.8 Å². The summed E-state index contributed by atoms with van der Waals surface area (Å²) >= 11 is 1.58. The molecule has 4 rings (SSSR count). The molecule has 33 heavy (non-hydrogen) atoms. The highest BCUT2D eigenvalue weighted by Crippen LogP contribution is 2.27. The van der Waals surface area contributed by atoms with E-state index in [1.807, 2.05) is 66.2 Å². The predicted octanol–water partition coefficient (Wildman–Crippen LogP) is 5.82. The third-order valence-electron chi connectivity index (χ3n) is 6.36. The van der Waals surface area contributed by atoms with Crippen molar-refractivity contribution in [2.45, 2.75) is 64.1 Å². The van der Waals surface area contributed by atoms with Gasteiger partial charge in [-0.05, 0) is 53.3 Å². The number of thiophene rings is 1. The molecule has 1 aromatic heterocycles. The summed E-state index contributed by atoms with van der Waals surface area (Å²) in [6.07, 6.45) is 5.82. The van der Waals surface area contributed by atoms with E-state index in [1.54, 1.807) is 16.2 Å². The monoisotopic (exact) mass is 460 g/mol. The van der Waals surface area contributed by atoms with Crippen molar-refractivity contribution in [3.63, 3.8) is 0 Å². The molecule has 0 radical (unpaired) electrons. The molecular formula is C28H32N2O2S. The van der Waals surface area contributed by atoms with Gasteiger partial charge in [0.2, 0.25) is 11.8 Å². The number of hydrogen-bond acceptors (Lipinski definition) is 3.